The molecule has 0 amide bonds. The standard InChI is InChI=1S/C16H35NO3/c1-3-5-6-7-8-9-12-20-14-16(19)13-17-15(4-2)10-11-18/h15-19H,3-14H2,1-2H3. The van der Waals surface area contributed by atoms with E-state index in [4.69, 9.17) is 9.84 Å². The molecule has 0 spiro atoms. The van der Waals surface area contributed by atoms with E-state index in [1.165, 1.54) is 32.1 Å². The number of hydrogen-bond acceptors (Lipinski definition) is 4. The fraction of sp³-hybridized carbons (Fsp3) is 1.00. The predicted octanol–water partition coefficient (Wildman–Crippen LogP) is 2.48. The van der Waals surface area contributed by atoms with Crippen LogP contribution in [0.4, 0.5) is 0 Å². The minimum atomic E-state index is -0.456. The molecule has 0 saturated heterocycles. The average molecular weight is 289 g/mol. The summed E-state index contributed by atoms with van der Waals surface area (Å²) in [6.07, 6.45) is 8.79. The highest BCUT2D eigenvalue weighted by Crippen LogP contribution is 2.05. The van der Waals surface area contributed by atoms with E-state index in [-0.39, 0.29) is 12.6 Å². The molecule has 0 aromatic rings. The van der Waals surface area contributed by atoms with Crippen LogP contribution in [0.2, 0.25) is 0 Å². The first kappa shape index (κ1) is 19.8. The molecule has 3 N–H and O–H groups in total. The Morgan fingerprint density at radius 2 is 1.75 bits per heavy atom. The van der Waals surface area contributed by atoms with Crippen LogP contribution in [0.25, 0.3) is 0 Å². The third-order valence-corrected chi connectivity index (χ3v) is 3.56. The Labute approximate surface area is 124 Å². The van der Waals surface area contributed by atoms with Crippen molar-refractivity contribution < 1.29 is 14.9 Å². The van der Waals surface area contributed by atoms with E-state index in [9.17, 15) is 5.11 Å². The maximum absolute atomic E-state index is 9.78. The molecule has 0 rings (SSSR count). The average Bonchev–Trinajstić information content (AvgIpc) is 2.46. The second kappa shape index (κ2) is 15.2. The molecule has 0 heterocycles. The summed E-state index contributed by atoms with van der Waals surface area (Å²) in [6.45, 7) is 6.18. The normalized spacial score (nSPS) is 14.4. The first-order valence-corrected chi connectivity index (χ1v) is 8.34. The third kappa shape index (κ3) is 12.9. The predicted molar refractivity (Wildman–Crippen MR) is 84.0 cm³/mol. The van der Waals surface area contributed by atoms with E-state index in [0.29, 0.717) is 13.2 Å². The molecule has 0 aliphatic heterocycles. The number of aliphatic hydroxyl groups is 2. The summed E-state index contributed by atoms with van der Waals surface area (Å²) < 4.78 is 5.49. The van der Waals surface area contributed by atoms with Crippen molar-refractivity contribution in [2.24, 2.45) is 0 Å². The monoisotopic (exact) mass is 289 g/mol. The zero-order valence-electron chi connectivity index (χ0n) is 13.4. The fourth-order valence-corrected chi connectivity index (χ4v) is 2.17. The summed E-state index contributed by atoms with van der Waals surface area (Å²) in [5, 5.41) is 21.9. The number of hydrogen-bond donors (Lipinski definition) is 3. The van der Waals surface area contributed by atoms with E-state index in [1.807, 2.05) is 0 Å². The van der Waals surface area contributed by atoms with Gasteiger partial charge in [0.05, 0.1) is 12.7 Å². The lowest BCUT2D eigenvalue weighted by Gasteiger charge is -2.18. The SMILES string of the molecule is CCCCCCCCOCC(O)CNC(CC)CCO. The van der Waals surface area contributed by atoms with Crippen LogP contribution in [-0.4, -0.2) is 48.7 Å². The molecule has 0 radical (unpaired) electrons. The van der Waals surface area contributed by atoms with Crippen molar-refractivity contribution in [2.75, 3.05) is 26.4 Å². The molecular formula is C16H35NO3. The summed E-state index contributed by atoms with van der Waals surface area (Å²) in [5.41, 5.74) is 0. The lowest BCUT2D eigenvalue weighted by molar-refractivity contribution is 0.0336. The van der Waals surface area contributed by atoms with Crippen LogP contribution < -0.4 is 5.32 Å². The van der Waals surface area contributed by atoms with E-state index < -0.39 is 6.10 Å². The molecule has 2 atom stereocenters. The lowest BCUT2D eigenvalue weighted by Crippen LogP contribution is -2.37. The zero-order chi connectivity index (χ0) is 15.1. The van der Waals surface area contributed by atoms with Crippen LogP contribution >= 0.6 is 0 Å². The minimum Gasteiger partial charge on any atom is -0.396 e. The molecule has 0 bridgehead atoms. The largest absolute Gasteiger partial charge is 0.396 e. The molecular weight excluding hydrogens is 254 g/mol. The highest BCUT2D eigenvalue weighted by atomic mass is 16.5. The van der Waals surface area contributed by atoms with Crippen molar-refractivity contribution >= 4 is 0 Å². The van der Waals surface area contributed by atoms with Gasteiger partial charge in [-0.2, -0.15) is 0 Å². The van der Waals surface area contributed by atoms with Crippen LogP contribution in [0.3, 0.4) is 0 Å². The van der Waals surface area contributed by atoms with Gasteiger partial charge in [0.1, 0.15) is 0 Å². The summed E-state index contributed by atoms with van der Waals surface area (Å²) in [6, 6.07) is 0.285. The highest BCUT2D eigenvalue weighted by molar-refractivity contribution is 4.67. The molecule has 0 aromatic carbocycles. The molecule has 0 aliphatic carbocycles. The Morgan fingerprint density at radius 3 is 2.40 bits per heavy atom. The van der Waals surface area contributed by atoms with E-state index in [0.717, 1.165) is 25.9 Å². The van der Waals surface area contributed by atoms with Gasteiger partial charge in [0.2, 0.25) is 0 Å². The second-order valence-corrected chi connectivity index (χ2v) is 5.52. The van der Waals surface area contributed by atoms with Crippen molar-refractivity contribution in [1.29, 1.82) is 0 Å². The van der Waals surface area contributed by atoms with Crippen molar-refractivity contribution in [2.45, 2.75) is 77.4 Å². The van der Waals surface area contributed by atoms with E-state index >= 15 is 0 Å². The quantitative estimate of drug-likeness (QED) is 0.405. The first-order valence-electron chi connectivity index (χ1n) is 8.34. The maximum Gasteiger partial charge on any atom is 0.0897 e. The van der Waals surface area contributed by atoms with Crippen molar-refractivity contribution in [3.63, 3.8) is 0 Å². The molecule has 20 heavy (non-hydrogen) atoms. The molecule has 0 aliphatic rings. The Kier molecular flexibility index (Phi) is 15.1. The molecule has 0 aromatic heterocycles. The van der Waals surface area contributed by atoms with Gasteiger partial charge in [0.15, 0.2) is 0 Å². The van der Waals surface area contributed by atoms with Gasteiger partial charge < -0.3 is 20.3 Å². The Hall–Kier alpha value is -0.160. The Bertz CT molecular complexity index is 191. The third-order valence-electron chi connectivity index (χ3n) is 3.56. The van der Waals surface area contributed by atoms with Crippen molar-refractivity contribution in [3.8, 4) is 0 Å². The van der Waals surface area contributed by atoms with Gasteiger partial charge in [0, 0.05) is 25.8 Å². The van der Waals surface area contributed by atoms with Gasteiger partial charge in [0.25, 0.3) is 0 Å². The van der Waals surface area contributed by atoms with Gasteiger partial charge in [-0.05, 0) is 19.3 Å². The summed E-state index contributed by atoms with van der Waals surface area (Å²) in [5.74, 6) is 0. The fourth-order valence-electron chi connectivity index (χ4n) is 2.17. The molecule has 0 saturated carbocycles. The number of nitrogens with one attached hydrogen (secondary N) is 1. The van der Waals surface area contributed by atoms with Crippen molar-refractivity contribution in [1.82, 2.24) is 5.32 Å². The summed E-state index contributed by atoms with van der Waals surface area (Å²) >= 11 is 0. The smallest absolute Gasteiger partial charge is 0.0897 e. The Balaban J connectivity index is 3.33. The zero-order valence-corrected chi connectivity index (χ0v) is 13.4. The van der Waals surface area contributed by atoms with Gasteiger partial charge in [-0.1, -0.05) is 46.0 Å². The number of aliphatic hydroxyl groups excluding tert-OH is 2. The summed E-state index contributed by atoms with van der Waals surface area (Å²) in [4.78, 5) is 0. The highest BCUT2D eigenvalue weighted by Gasteiger charge is 2.08. The second-order valence-electron chi connectivity index (χ2n) is 5.52. The van der Waals surface area contributed by atoms with E-state index in [2.05, 4.69) is 19.2 Å². The molecule has 2 unspecified atom stereocenters. The van der Waals surface area contributed by atoms with Gasteiger partial charge in [-0.25, -0.2) is 0 Å². The van der Waals surface area contributed by atoms with Gasteiger partial charge in [-0.15, -0.1) is 0 Å². The molecule has 4 nitrogen and oxygen atoms in total. The number of ether oxygens (including phenoxy) is 1. The minimum absolute atomic E-state index is 0.191. The van der Waals surface area contributed by atoms with Crippen LogP contribution in [-0.2, 0) is 4.74 Å². The van der Waals surface area contributed by atoms with Crippen molar-refractivity contribution in [3.05, 3.63) is 0 Å². The van der Waals surface area contributed by atoms with Crippen LogP contribution in [0.5, 0.6) is 0 Å². The lowest BCUT2D eigenvalue weighted by atomic mass is 10.1. The van der Waals surface area contributed by atoms with Crippen LogP contribution in [0.1, 0.15) is 65.2 Å². The van der Waals surface area contributed by atoms with Crippen LogP contribution in [0.15, 0.2) is 0 Å². The maximum atomic E-state index is 9.78. The van der Waals surface area contributed by atoms with Gasteiger partial charge >= 0.3 is 0 Å². The topological polar surface area (TPSA) is 61.7 Å². The Morgan fingerprint density at radius 1 is 1.05 bits per heavy atom. The first-order chi connectivity index (χ1) is 9.74. The van der Waals surface area contributed by atoms with Gasteiger partial charge in [-0.3, -0.25) is 0 Å². The summed E-state index contributed by atoms with van der Waals surface area (Å²) in [7, 11) is 0. The molecule has 4 heteroatoms. The number of unbranched alkanes of at least 4 members (excludes halogenated alkanes) is 5. The van der Waals surface area contributed by atoms with E-state index in [1.54, 1.807) is 0 Å². The van der Waals surface area contributed by atoms with Crippen LogP contribution in [0, 0.1) is 0 Å². The number of rotatable bonds is 15. The molecule has 122 valence electrons. The molecule has 0 fully saturated rings.